The lowest BCUT2D eigenvalue weighted by Gasteiger charge is -2.30. The molecule has 0 spiro atoms. The van der Waals surface area contributed by atoms with Crippen molar-refractivity contribution in [1.29, 1.82) is 0 Å². The molecule has 0 bridgehead atoms. The zero-order valence-electron chi connectivity index (χ0n) is 18.8. The number of halogens is 3. The Labute approximate surface area is 181 Å². The van der Waals surface area contributed by atoms with Gasteiger partial charge in [0, 0.05) is 0 Å². The number of hydrogen-bond donors (Lipinski definition) is 0. The Balaban J connectivity index is 1.47. The van der Waals surface area contributed by atoms with E-state index in [0.717, 1.165) is 37.5 Å². The first-order valence-corrected chi connectivity index (χ1v) is 12.2. The topological polar surface area (TPSA) is 0 Å². The molecule has 3 rings (SSSR count). The molecule has 2 aliphatic rings. The maximum absolute atomic E-state index is 14.3. The van der Waals surface area contributed by atoms with Gasteiger partial charge in [0.15, 0.2) is 0 Å². The molecule has 0 aromatic heterocycles. The molecule has 0 unspecified atom stereocenters. The number of aryl methyl sites for hydroxylation is 1. The maximum Gasteiger partial charge on any atom is 0.266 e. The van der Waals surface area contributed by atoms with Crippen LogP contribution in [0.5, 0.6) is 0 Å². The van der Waals surface area contributed by atoms with Crippen LogP contribution in [0.2, 0.25) is 0 Å². The van der Waals surface area contributed by atoms with Crippen molar-refractivity contribution < 1.29 is 13.2 Å². The molecule has 168 valence electrons. The van der Waals surface area contributed by atoms with Gasteiger partial charge in [-0.15, -0.1) is 0 Å². The molecule has 0 aliphatic heterocycles. The second kappa shape index (κ2) is 11.4. The zero-order valence-corrected chi connectivity index (χ0v) is 18.8. The molecule has 2 fully saturated rings. The van der Waals surface area contributed by atoms with Crippen molar-refractivity contribution in [2.45, 2.75) is 103 Å². The Morgan fingerprint density at radius 1 is 0.900 bits per heavy atom. The molecule has 2 aliphatic carbocycles. The van der Waals surface area contributed by atoms with Crippen molar-refractivity contribution in [2.24, 2.45) is 17.8 Å². The van der Waals surface area contributed by atoms with E-state index in [9.17, 15) is 13.2 Å². The van der Waals surface area contributed by atoms with E-state index in [1.807, 2.05) is 0 Å². The van der Waals surface area contributed by atoms with Crippen LogP contribution in [0.1, 0.15) is 113 Å². The van der Waals surface area contributed by atoms with E-state index in [1.54, 1.807) is 19.1 Å². The molecule has 1 aromatic carbocycles. The second-order valence-electron chi connectivity index (χ2n) is 9.77. The monoisotopic (exact) mass is 420 g/mol. The van der Waals surface area contributed by atoms with E-state index in [0.29, 0.717) is 17.0 Å². The second-order valence-corrected chi connectivity index (χ2v) is 9.77. The summed E-state index contributed by atoms with van der Waals surface area (Å²) in [7, 11) is 0. The highest BCUT2D eigenvalue weighted by Gasteiger charge is 2.28. The quantitative estimate of drug-likeness (QED) is 0.290. The summed E-state index contributed by atoms with van der Waals surface area (Å²) in [5.74, 6) is 1.56. The lowest BCUT2D eigenvalue weighted by Crippen LogP contribution is -2.16. The molecule has 30 heavy (non-hydrogen) atoms. The molecular formula is C27H39F3. The van der Waals surface area contributed by atoms with Crippen LogP contribution in [0.3, 0.4) is 0 Å². The molecule has 0 N–H and O–H groups in total. The van der Waals surface area contributed by atoms with Gasteiger partial charge >= 0.3 is 0 Å². The first kappa shape index (κ1) is 23.4. The van der Waals surface area contributed by atoms with Crippen molar-refractivity contribution >= 4 is 0 Å². The predicted molar refractivity (Wildman–Crippen MR) is 120 cm³/mol. The van der Waals surface area contributed by atoms with Gasteiger partial charge in [-0.2, -0.15) is 0 Å². The van der Waals surface area contributed by atoms with Crippen LogP contribution in [-0.4, -0.2) is 0 Å². The summed E-state index contributed by atoms with van der Waals surface area (Å²) < 4.78 is 41.3. The number of hydrogen-bond acceptors (Lipinski definition) is 0. The molecule has 0 amide bonds. The SMILES string of the molecule is CCCCCC1CCC(/C=C/C2CCC(c3ccc(C)c(F)c3C(F)F)CC2)CC1. The normalized spacial score (nSPS) is 27.8. The first-order chi connectivity index (χ1) is 14.5. The van der Waals surface area contributed by atoms with Gasteiger partial charge in [-0.1, -0.05) is 56.9 Å². The van der Waals surface area contributed by atoms with Crippen LogP contribution in [0.15, 0.2) is 24.3 Å². The number of alkyl halides is 2. The highest BCUT2D eigenvalue weighted by atomic mass is 19.3. The molecule has 3 heteroatoms. The molecule has 0 atom stereocenters. The number of allylic oxidation sites excluding steroid dienone is 2. The number of rotatable bonds is 8. The maximum atomic E-state index is 14.3. The van der Waals surface area contributed by atoms with Crippen molar-refractivity contribution in [2.75, 3.05) is 0 Å². The Kier molecular flexibility index (Phi) is 8.89. The van der Waals surface area contributed by atoms with Crippen LogP contribution in [0.25, 0.3) is 0 Å². The molecule has 0 nitrogen and oxygen atoms in total. The van der Waals surface area contributed by atoms with Gasteiger partial charge in [0.1, 0.15) is 5.82 Å². The fourth-order valence-electron chi connectivity index (χ4n) is 5.58. The molecule has 0 saturated heterocycles. The van der Waals surface area contributed by atoms with Crippen LogP contribution >= 0.6 is 0 Å². The fourth-order valence-corrected chi connectivity index (χ4v) is 5.58. The van der Waals surface area contributed by atoms with Crippen LogP contribution in [0, 0.1) is 30.5 Å². The Hall–Kier alpha value is -1.25. The summed E-state index contributed by atoms with van der Waals surface area (Å²) in [5, 5.41) is 0. The third-order valence-electron chi connectivity index (χ3n) is 7.60. The zero-order chi connectivity index (χ0) is 21.5. The highest BCUT2D eigenvalue weighted by molar-refractivity contribution is 5.37. The van der Waals surface area contributed by atoms with E-state index in [-0.39, 0.29) is 11.5 Å². The summed E-state index contributed by atoms with van der Waals surface area (Å²) in [6.07, 6.45) is 16.8. The lowest BCUT2D eigenvalue weighted by atomic mass is 9.76. The van der Waals surface area contributed by atoms with Crippen molar-refractivity contribution in [3.05, 3.63) is 46.8 Å². The van der Waals surface area contributed by atoms with Crippen molar-refractivity contribution in [3.8, 4) is 0 Å². The Morgan fingerprint density at radius 3 is 2.07 bits per heavy atom. The van der Waals surface area contributed by atoms with Crippen molar-refractivity contribution in [3.63, 3.8) is 0 Å². The van der Waals surface area contributed by atoms with Gasteiger partial charge in [-0.05, 0) is 93.1 Å². The largest absolute Gasteiger partial charge is 0.266 e. The lowest BCUT2D eigenvalue weighted by molar-refractivity contribution is 0.143. The van der Waals surface area contributed by atoms with Crippen LogP contribution in [-0.2, 0) is 0 Å². The third kappa shape index (κ3) is 6.14. The number of unbranched alkanes of at least 4 members (excludes halogenated alkanes) is 2. The minimum absolute atomic E-state index is 0.0623. The Bertz CT molecular complexity index is 678. The molecule has 2 saturated carbocycles. The fraction of sp³-hybridized carbons (Fsp3) is 0.704. The first-order valence-electron chi connectivity index (χ1n) is 12.2. The summed E-state index contributed by atoms with van der Waals surface area (Å²) in [6, 6.07) is 3.39. The van der Waals surface area contributed by atoms with Gasteiger partial charge < -0.3 is 0 Å². The van der Waals surface area contributed by atoms with Crippen LogP contribution in [0.4, 0.5) is 13.2 Å². The molecule has 0 radical (unpaired) electrons. The number of benzene rings is 1. The van der Waals surface area contributed by atoms with Crippen molar-refractivity contribution in [1.82, 2.24) is 0 Å². The van der Waals surface area contributed by atoms with Gasteiger partial charge in [0.05, 0.1) is 5.56 Å². The standard InChI is InChI=1S/C27H39F3/c1-3-4-5-6-20-8-10-21(11-9-20)12-13-22-14-16-23(17-15-22)24-18-7-19(2)26(28)25(24)27(29)30/h7,12-13,18,20-23,27H,3-6,8-11,14-17H2,1-2H3/b13-12+. The average molecular weight is 421 g/mol. The van der Waals surface area contributed by atoms with E-state index in [4.69, 9.17) is 0 Å². The Morgan fingerprint density at radius 2 is 1.50 bits per heavy atom. The van der Waals surface area contributed by atoms with E-state index >= 15 is 0 Å². The summed E-state index contributed by atoms with van der Waals surface area (Å²) in [4.78, 5) is 0. The summed E-state index contributed by atoms with van der Waals surface area (Å²) in [5.41, 5.74) is 0.493. The molecular weight excluding hydrogens is 381 g/mol. The van der Waals surface area contributed by atoms with Crippen LogP contribution < -0.4 is 0 Å². The highest BCUT2D eigenvalue weighted by Crippen LogP contribution is 2.41. The smallest absolute Gasteiger partial charge is 0.206 e. The predicted octanol–water partition coefficient (Wildman–Crippen LogP) is 9.29. The van der Waals surface area contributed by atoms with E-state index in [1.165, 1.54) is 51.4 Å². The van der Waals surface area contributed by atoms with Gasteiger partial charge in [-0.3, -0.25) is 0 Å². The van der Waals surface area contributed by atoms with E-state index in [2.05, 4.69) is 19.1 Å². The summed E-state index contributed by atoms with van der Waals surface area (Å²) >= 11 is 0. The third-order valence-corrected chi connectivity index (χ3v) is 7.60. The average Bonchev–Trinajstić information content (AvgIpc) is 2.75. The minimum Gasteiger partial charge on any atom is -0.206 e. The molecule has 0 heterocycles. The van der Waals surface area contributed by atoms with Gasteiger partial charge in [0.25, 0.3) is 6.43 Å². The van der Waals surface area contributed by atoms with Gasteiger partial charge in [-0.25, -0.2) is 13.2 Å². The van der Waals surface area contributed by atoms with E-state index < -0.39 is 12.2 Å². The summed E-state index contributed by atoms with van der Waals surface area (Å²) in [6.45, 7) is 3.83. The minimum atomic E-state index is -2.74. The molecule has 1 aromatic rings. The van der Waals surface area contributed by atoms with Gasteiger partial charge in [0.2, 0.25) is 0 Å².